The van der Waals surface area contributed by atoms with Gasteiger partial charge in [-0.1, -0.05) is 29.4 Å². The molecular formula is C25H26N4O4. The number of benzene rings is 1. The smallest absolute Gasteiger partial charge is 0.304 e. The van der Waals surface area contributed by atoms with Crippen LogP contribution in [0.2, 0.25) is 0 Å². The maximum absolute atomic E-state index is 11.4. The van der Waals surface area contributed by atoms with E-state index in [1.54, 1.807) is 0 Å². The normalized spacial score (nSPS) is 14.1. The molecule has 8 nitrogen and oxygen atoms in total. The topological polar surface area (TPSA) is 114 Å². The van der Waals surface area contributed by atoms with E-state index in [0.29, 0.717) is 30.3 Å². The summed E-state index contributed by atoms with van der Waals surface area (Å²) in [7, 11) is 0. The fraction of sp³-hybridized carbons (Fsp3) is 0.360. The summed E-state index contributed by atoms with van der Waals surface area (Å²) in [6.45, 7) is 0.978. The van der Waals surface area contributed by atoms with Gasteiger partial charge in [0.05, 0.1) is 6.42 Å². The third-order valence-electron chi connectivity index (χ3n) is 5.98. The number of nitrogens with one attached hydrogen (secondary N) is 1. The predicted octanol–water partition coefficient (Wildman–Crippen LogP) is 4.55. The average molecular weight is 447 g/mol. The van der Waals surface area contributed by atoms with Crippen molar-refractivity contribution >= 4 is 22.8 Å². The van der Waals surface area contributed by atoms with Gasteiger partial charge in [-0.2, -0.15) is 4.98 Å². The van der Waals surface area contributed by atoms with Gasteiger partial charge in [-0.15, -0.1) is 0 Å². The fourth-order valence-electron chi connectivity index (χ4n) is 4.31. The van der Waals surface area contributed by atoms with E-state index < -0.39 is 5.97 Å². The van der Waals surface area contributed by atoms with Gasteiger partial charge in [-0.3, -0.25) is 4.79 Å². The number of aromatic nitrogens is 3. The van der Waals surface area contributed by atoms with Crippen LogP contribution in [0.3, 0.4) is 0 Å². The number of pyridine rings is 1. The number of hydrogen-bond donors (Lipinski definition) is 2. The van der Waals surface area contributed by atoms with Crippen molar-refractivity contribution in [3.8, 4) is 0 Å². The Balaban J connectivity index is 1.21. The van der Waals surface area contributed by atoms with E-state index in [-0.39, 0.29) is 12.3 Å². The number of aliphatic carboxylic acids is 1. The van der Waals surface area contributed by atoms with Crippen LogP contribution in [0, 0.1) is 0 Å². The molecule has 0 spiro atoms. The summed E-state index contributed by atoms with van der Waals surface area (Å²) in [5, 5.41) is 17.8. The standard InChI is InChI=1S/C25H26N4O4/c30-24(31)15-18(21-13-17-5-1-2-8-20(17)32-21)14-23-28-22(29-33-23)9-3-7-19-11-10-16-6-4-12-26-25(16)27-19/h1-2,5,8,10-11,13,18H,3-4,6-7,9,12,14-15H2,(H,26,27)(H,30,31). The number of rotatable bonds is 9. The van der Waals surface area contributed by atoms with Crippen LogP contribution in [0.25, 0.3) is 11.0 Å². The molecule has 0 amide bonds. The van der Waals surface area contributed by atoms with Gasteiger partial charge in [0.15, 0.2) is 5.82 Å². The minimum absolute atomic E-state index is 0.0738. The largest absolute Gasteiger partial charge is 0.481 e. The molecule has 3 aromatic heterocycles. The van der Waals surface area contributed by atoms with Crippen LogP contribution in [-0.2, 0) is 30.5 Å². The zero-order valence-electron chi connectivity index (χ0n) is 18.3. The number of aryl methyl sites for hydroxylation is 3. The molecule has 0 saturated carbocycles. The summed E-state index contributed by atoms with van der Waals surface area (Å²) in [4.78, 5) is 20.7. The van der Waals surface area contributed by atoms with E-state index >= 15 is 0 Å². The number of carbonyl (C=O) groups is 1. The van der Waals surface area contributed by atoms with Crippen molar-refractivity contribution in [1.82, 2.24) is 15.1 Å². The number of carboxylic acids is 1. The van der Waals surface area contributed by atoms with Gasteiger partial charge < -0.3 is 19.4 Å². The van der Waals surface area contributed by atoms with Crippen molar-refractivity contribution in [2.24, 2.45) is 0 Å². The number of anilines is 1. The highest BCUT2D eigenvalue weighted by molar-refractivity contribution is 5.78. The first-order valence-electron chi connectivity index (χ1n) is 11.4. The van der Waals surface area contributed by atoms with Gasteiger partial charge in [0.25, 0.3) is 0 Å². The van der Waals surface area contributed by atoms with E-state index in [9.17, 15) is 9.90 Å². The lowest BCUT2D eigenvalue weighted by Crippen LogP contribution is -2.14. The van der Waals surface area contributed by atoms with Crippen molar-refractivity contribution in [1.29, 1.82) is 0 Å². The zero-order valence-corrected chi connectivity index (χ0v) is 18.3. The van der Waals surface area contributed by atoms with E-state index in [2.05, 4.69) is 27.6 Å². The number of nitrogens with zero attached hydrogens (tertiary/aromatic N) is 3. The number of fused-ring (bicyclic) bond motifs is 2. The van der Waals surface area contributed by atoms with Gasteiger partial charge in [0, 0.05) is 36.4 Å². The van der Waals surface area contributed by atoms with Crippen molar-refractivity contribution in [2.45, 2.75) is 50.9 Å². The third kappa shape index (κ3) is 5.05. The Morgan fingerprint density at radius 2 is 2.06 bits per heavy atom. The van der Waals surface area contributed by atoms with Crippen LogP contribution in [0.15, 0.2) is 51.4 Å². The van der Waals surface area contributed by atoms with Crippen molar-refractivity contribution in [2.75, 3.05) is 11.9 Å². The highest BCUT2D eigenvalue weighted by Crippen LogP contribution is 2.30. The molecule has 1 aromatic carbocycles. The van der Waals surface area contributed by atoms with E-state index in [1.807, 2.05) is 30.3 Å². The molecule has 1 atom stereocenters. The molecule has 1 aliphatic rings. The molecule has 0 radical (unpaired) electrons. The second-order valence-corrected chi connectivity index (χ2v) is 8.48. The lowest BCUT2D eigenvalue weighted by atomic mass is 9.98. The average Bonchev–Trinajstić information content (AvgIpc) is 3.45. The monoisotopic (exact) mass is 446 g/mol. The van der Waals surface area contributed by atoms with Crippen molar-refractivity contribution < 1.29 is 18.8 Å². The van der Waals surface area contributed by atoms with Gasteiger partial charge >= 0.3 is 5.97 Å². The van der Waals surface area contributed by atoms with Crippen molar-refractivity contribution in [3.63, 3.8) is 0 Å². The molecule has 4 heterocycles. The minimum Gasteiger partial charge on any atom is -0.481 e. The molecule has 0 aliphatic carbocycles. The molecule has 0 fully saturated rings. The van der Waals surface area contributed by atoms with Crippen LogP contribution in [0.1, 0.15) is 53.9 Å². The minimum atomic E-state index is -0.896. The summed E-state index contributed by atoms with van der Waals surface area (Å²) in [5.74, 6) is 1.40. The Labute approximate surface area is 191 Å². The third-order valence-corrected chi connectivity index (χ3v) is 5.98. The van der Waals surface area contributed by atoms with Gasteiger partial charge in [-0.25, -0.2) is 4.98 Å². The Morgan fingerprint density at radius 1 is 1.15 bits per heavy atom. The second kappa shape index (κ2) is 9.44. The molecular weight excluding hydrogens is 420 g/mol. The molecule has 170 valence electrons. The quantitative estimate of drug-likeness (QED) is 0.385. The maximum Gasteiger partial charge on any atom is 0.304 e. The Bertz CT molecular complexity index is 1230. The molecule has 2 N–H and O–H groups in total. The molecule has 5 rings (SSSR count). The zero-order chi connectivity index (χ0) is 22.6. The lowest BCUT2D eigenvalue weighted by molar-refractivity contribution is -0.137. The fourth-order valence-corrected chi connectivity index (χ4v) is 4.31. The number of hydrogen-bond acceptors (Lipinski definition) is 7. The van der Waals surface area contributed by atoms with Crippen molar-refractivity contribution in [3.05, 3.63) is 71.2 Å². The second-order valence-electron chi connectivity index (χ2n) is 8.48. The van der Waals surface area contributed by atoms with Gasteiger partial charge in [0.1, 0.15) is 17.2 Å². The summed E-state index contributed by atoms with van der Waals surface area (Å²) < 4.78 is 11.3. The van der Waals surface area contributed by atoms with Crippen LogP contribution >= 0.6 is 0 Å². The first-order chi connectivity index (χ1) is 16.1. The first kappa shape index (κ1) is 21.2. The number of furan rings is 1. The highest BCUT2D eigenvalue weighted by Gasteiger charge is 2.23. The Hall–Kier alpha value is -3.68. The highest BCUT2D eigenvalue weighted by atomic mass is 16.5. The molecule has 0 saturated heterocycles. The van der Waals surface area contributed by atoms with Crippen LogP contribution in [0.4, 0.5) is 5.82 Å². The Morgan fingerprint density at radius 3 is 2.94 bits per heavy atom. The summed E-state index contributed by atoms with van der Waals surface area (Å²) >= 11 is 0. The van der Waals surface area contributed by atoms with Crippen LogP contribution in [0.5, 0.6) is 0 Å². The number of para-hydroxylation sites is 1. The molecule has 8 heteroatoms. The van der Waals surface area contributed by atoms with Crippen LogP contribution in [-0.4, -0.2) is 32.7 Å². The molecule has 4 aromatic rings. The Kier molecular flexibility index (Phi) is 6.06. The SMILES string of the molecule is O=C(O)CC(Cc1nc(CCCc2ccc3c(n2)NCCC3)no1)c1cc2ccccc2o1. The first-order valence-corrected chi connectivity index (χ1v) is 11.4. The molecule has 33 heavy (non-hydrogen) atoms. The van der Waals surface area contributed by atoms with E-state index in [4.69, 9.17) is 13.9 Å². The summed E-state index contributed by atoms with van der Waals surface area (Å²) in [6, 6.07) is 13.8. The predicted molar refractivity (Wildman–Crippen MR) is 122 cm³/mol. The van der Waals surface area contributed by atoms with Crippen LogP contribution < -0.4 is 5.32 Å². The molecule has 1 aliphatic heterocycles. The molecule has 1 unspecified atom stereocenters. The van der Waals surface area contributed by atoms with Gasteiger partial charge in [-0.05, 0) is 49.4 Å². The van der Waals surface area contributed by atoms with E-state index in [1.165, 1.54) is 5.56 Å². The summed E-state index contributed by atoms with van der Waals surface area (Å²) in [5.41, 5.74) is 3.08. The van der Waals surface area contributed by atoms with Gasteiger partial charge in [0.2, 0.25) is 5.89 Å². The maximum atomic E-state index is 11.4. The van der Waals surface area contributed by atoms with E-state index in [0.717, 1.165) is 54.7 Å². The lowest BCUT2D eigenvalue weighted by Gasteiger charge is -2.17. The summed E-state index contributed by atoms with van der Waals surface area (Å²) in [6.07, 6.45) is 4.83. The number of carboxylic acid groups (broad SMARTS) is 1. The molecule has 0 bridgehead atoms.